The van der Waals surface area contributed by atoms with Gasteiger partial charge < -0.3 is 34.8 Å². The second-order valence-corrected chi connectivity index (χ2v) is 5.57. The lowest BCUT2D eigenvalue weighted by Gasteiger charge is -2.39. The number of methoxy groups -OCH3 is 2. The van der Waals surface area contributed by atoms with Crippen molar-refractivity contribution in [1.29, 1.82) is 0 Å². The summed E-state index contributed by atoms with van der Waals surface area (Å²) in [5, 5.41) is 32.0. The Hall–Kier alpha value is -1.97. The van der Waals surface area contributed by atoms with Crippen LogP contribution in [0.1, 0.15) is 5.56 Å². The van der Waals surface area contributed by atoms with Crippen LogP contribution in [0.5, 0.6) is 5.75 Å². The summed E-state index contributed by atoms with van der Waals surface area (Å²) < 4.78 is 15.4. The van der Waals surface area contributed by atoms with Crippen LogP contribution in [0.3, 0.4) is 0 Å². The van der Waals surface area contributed by atoms with Gasteiger partial charge in [0.25, 0.3) is 0 Å². The number of carbonyl (C=O) groups is 1. The molecule has 0 spiro atoms. The average Bonchev–Trinajstić information content (AvgIpc) is 2.64. The average molecular weight is 353 g/mol. The molecule has 1 aromatic carbocycles. The molecule has 2 rings (SSSR count). The molecule has 1 aromatic rings. The van der Waals surface area contributed by atoms with E-state index in [2.05, 4.69) is 5.32 Å². The Bertz CT molecular complexity index is 604. The van der Waals surface area contributed by atoms with E-state index >= 15 is 0 Å². The minimum atomic E-state index is -1.43. The van der Waals surface area contributed by atoms with E-state index < -0.39 is 36.6 Å². The molecule has 1 fully saturated rings. The predicted octanol–water partition coefficient (Wildman–Crippen LogP) is -0.721. The number of carbonyl (C=O) groups excluding carboxylic acids is 1. The van der Waals surface area contributed by atoms with Crippen molar-refractivity contribution in [2.75, 3.05) is 20.8 Å². The van der Waals surface area contributed by atoms with E-state index in [1.165, 1.54) is 13.2 Å². The van der Waals surface area contributed by atoms with Gasteiger partial charge in [0.2, 0.25) is 5.91 Å². The standard InChI is InChI=1S/C17H23NO7/c1-23-11-6-4-3-5-10(11)7-8-13(19)18-9-12-14(20)15(21)16(22)17(24-2)25-12/h3-8,12,14-17,20-22H,9H2,1-2H3,(H,18,19). The summed E-state index contributed by atoms with van der Waals surface area (Å²) in [6.07, 6.45) is -3.20. The number of amides is 1. The maximum atomic E-state index is 11.9. The molecule has 5 atom stereocenters. The number of rotatable bonds is 6. The largest absolute Gasteiger partial charge is 0.496 e. The van der Waals surface area contributed by atoms with Gasteiger partial charge in [0, 0.05) is 25.3 Å². The first-order valence-corrected chi connectivity index (χ1v) is 7.79. The Morgan fingerprint density at radius 1 is 1.20 bits per heavy atom. The molecule has 4 N–H and O–H groups in total. The van der Waals surface area contributed by atoms with Gasteiger partial charge in [-0.1, -0.05) is 18.2 Å². The van der Waals surface area contributed by atoms with Crippen LogP contribution in [0.25, 0.3) is 6.08 Å². The van der Waals surface area contributed by atoms with Gasteiger partial charge in [-0.15, -0.1) is 0 Å². The first-order chi connectivity index (χ1) is 12.0. The van der Waals surface area contributed by atoms with E-state index in [1.54, 1.807) is 25.3 Å². The van der Waals surface area contributed by atoms with Gasteiger partial charge in [0.15, 0.2) is 6.29 Å². The minimum Gasteiger partial charge on any atom is -0.496 e. The van der Waals surface area contributed by atoms with Crippen LogP contribution in [-0.4, -0.2) is 72.7 Å². The van der Waals surface area contributed by atoms with E-state index in [-0.39, 0.29) is 6.54 Å². The number of hydrogen-bond acceptors (Lipinski definition) is 7. The van der Waals surface area contributed by atoms with Crippen LogP contribution >= 0.6 is 0 Å². The molecular weight excluding hydrogens is 330 g/mol. The molecule has 5 unspecified atom stereocenters. The van der Waals surface area contributed by atoms with Crippen LogP contribution in [-0.2, 0) is 14.3 Å². The first-order valence-electron chi connectivity index (χ1n) is 7.79. The van der Waals surface area contributed by atoms with Gasteiger partial charge in [-0.05, 0) is 12.1 Å². The summed E-state index contributed by atoms with van der Waals surface area (Å²) in [5.74, 6) is 0.230. The number of para-hydroxylation sites is 1. The maximum absolute atomic E-state index is 11.9. The molecule has 8 nitrogen and oxygen atoms in total. The fourth-order valence-electron chi connectivity index (χ4n) is 2.51. The highest BCUT2D eigenvalue weighted by Gasteiger charge is 2.43. The molecule has 8 heteroatoms. The van der Waals surface area contributed by atoms with E-state index in [9.17, 15) is 20.1 Å². The van der Waals surface area contributed by atoms with Crippen molar-refractivity contribution in [3.63, 3.8) is 0 Å². The molecule has 0 aromatic heterocycles. The molecule has 0 radical (unpaired) electrons. The molecule has 138 valence electrons. The zero-order valence-electron chi connectivity index (χ0n) is 14.0. The van der Waals surface area contributed by atoms with E-state index in [1.807, 2.05) is 12.1 Å². The van der Waals surface area contributed by atoms with Crippen molar-refractivity contribution in [2.45, 2.75) is 30.7 Å². The van der Waals surface area contributed by atoms with Crippen molar-refractivity contribution in [2.24, 2.45) is 0 Å². The predicted molar refractivity (Wildman–Crippen MR) is 88.7 cm³/mol. The molecular formula is C17H23NO7. The number of ether oxygens (including phenoxy) is 3. The van der Waals surface area contributed by atoms with Crippen LogP contribution in [0, 0.1) is 0 Å². The third kappa shape index (κ3) is 4.77. The van der Waals surface area contributed by atoms with Gasteiger partial charge in [0.1, 0.15) is 30.2 Å². The summed E-state index contributed by atoms with van der Waals surface area (Å²) in [6.45, 7) is -0.0557. The molecule has 1 saturated heterocycles. The third-order valence-corrected chi connectivity index (χ3v) is 3.93. The highest BCUT2D eigenvalue weighted by atomic mass is 16.7. The van der Waals surface area contributed by atoms with Crippen LogP contribution in [0.15, 0.2) is 30.3 Å². The number of nitrogens with one attached hydrogen (secondary N) is 1. The fraction of sp³-hybridized carbons (Fsp3) is 0.471. The van der Waals surface area contributed by atoms with Crippen molar-refractivity contribution >= 4 is 12.0 Å². The zero-order valence-corrected chi connectivity index (χ0v) is 14.0. The number of hydrogen-bond donors (Lipinski definition) is 4. The maximum Gasteiger partial charge on any atom is 0.244 e. The molecule has 1 aliphatic rings. The second-order valence-electron chi connectivity index (χ2n) is 5.57. The number of aliphatic hydroxyl groups excluding tert-OH is 3. The van der Waals surface area contributed by atoms with E-state index in [0.29, 0.717) is 5.75 Å². The summed E-state index contributed by atoms with van der Waals surface area (Å²) >= 11 is 0. The van der Waals surface area contributed by atoms with E-state index in [0.717, 1.165) is 5.56 Å². The van der Waals surface area contributed by atoms with Crippen molar-refractivity contribution in [3.05, 3.63) is 35.9 Å². The second kappa shape index (κ2) is 8.93. The highest BCUT2D eigenvalue weighted by Crippen LogP contribution is 2.21. The third-order valence-electron chi connectivity index (χ3n) is 3.93. The Balaban J connectivity index is 1.92. The first kappa shape index (κ1) is 19.4. The topological polar surface area (TPSA) is 117 Å². The molecule has 1 aliphatic heterocycles. The molecule has 1 heterocycles. The summed E-state index contributed by atoms with van der Waals surface area (Å²) in [7, 11) is 2.85. The van der Waals surface area contributed by atoms with Crippen molar-refractivity contribution < 1.29 is 34.3 Å². The van der Waals surface area contributed by atoms with Crippen LogP contribution in [0.2, 0.25) is 0 Å². The SMILES string of the molecule is COc1ccccc1C=CC(=O)NCC1OC(OC)C(O)C(O)C1O. The molecule has 0 bridgehead atoms. The lowest BCUT2D eigenvalue weighted by molar-refractivity contribution is -0.288. The molecule has 0 saturated carbocycles. The quantitative estimate of drug-likeness (QED) is 0.499. The molecule has 1 amide bonds. The highest BCUT2D eigenvalue weighted by molar-refractivity contribution is 5.92. The van der Waals surface area contributed by atoms with Gasteiger partial charge in [-0.3, -0.25) is 4.79 Å². The van der Waals surface area contributed by atoms with Crippen molar-refractivity contribution in [1.82, 2.24) is 5.32 Å². The zero-order chi connectivity index (χ0) is 18.4. The van der Waals surface area contributed by atoms with Gasteiger partial charge in [0.05, 0.1) is 7.11 Å². The van der Waals surface area contributed by atoms with Gasteiger partial charge in [-0.2, -0.15) is 0 Å². The Morgan fingerprint density at radius 3 is 2.60 bits per heavy atom. The number of aliphatic hydroxyl groups is 3. The van der Waals surface area contributed by atoms with Crippen LogP contribution in [0.4, 0.5) is 0 Å². The fourth-order valence-corrected chi connectivity index (χ4v) is 2.51. The van der Waals surface area contributed by atoms with Crippen LogP contribution < -0.4 is 10.1 Å². The lowest BCUT2D eigenvalue weighted by Crippen LogP contribution is -2.60. The Morgan fingerprint density at radius 2 is 1.92 bits per heavy atom. The Kier molecular flexibility index (Phi) is 6.91. The van der Waals surface area contributed by atoms with E-state index in [4.69, 9.17) is 14.2 Å². The molecule has 25 heavy (non-hydrogen) atoms. The minimum absolute atomic E-state index is 0.0557. The van der Waals surface area contributed by atoms with Gasteiger partial charge >= 0.3 is 0 Å². The number of benzene rings is 1. The summed E-state index contributed by atoms with van der Waals surface area (Å²) in [6, 6.07) is 7.23. The smallest absolute Gasteiger partial charge is 0.244 e. The molecule has 0 aliphatic carbocycles. The van der Waals surface area contributed by atoms with Crippen molar-refractivity contribution in [3.8, 4) is 5.75 Å². The van der Waals surface area contributed by atoms with Gasteiger partial charge in [-0.25, -0.2) is 0 Å². The summed E-state index contributed by atoms with van der Waals surface area (Å²) in [5.41, 5.74) is 0.743. The summed E-state index contributed by atoms with van der Waals surface area (Å²) in [4.78, 5) is 11.9. The monoisotopic (exact) mass is 353 g/mol. The Labute approximate surface area is 145 Å². The lowest BCUT2D eigenvalue weighted by atomic mass is 9.99. The normalized spacial score (nSPS) is 29.6.